The number of hydrogen-bond acceptors (Lipinski definition) is 6. The number of amides is 3. The first-order valence-electron chi connectivity index (χ1n) is 19.5. The number of carbonyl (C=O) groups is 3. The number of alkyl carbamates (subject to hydrolysis) is 1. The van der Waals surface area contributed by atoms with Crippen molar-refractivity contribution in [2.75, 3.05) is 26.7 Å². The normalized spacial score (nSPS) is 16.6. The Morgan fingerprint density at radius 1 is 0.942 bits per heavy atom. The third kappa shape index (κ3) is 13.3. The van der Waals surface area contributed by atoms with Crippen LogP contribution < -0.4 is 16.0 Å². The lowest BCUT2D eigenvalue weighted by atomic mass is 9.87. The van der Waals surface area contributed by atoms with Crippen LogP contribution in [0.1, 0.15) is 90.3 Å². The molecule has 2 aromatic rings. The summed E-state index contributed by atoms with van der Waals surface area (Å²) in [5.41, 5.74) is 3.21. The SMILES string of the molecule is CCCCOC(=O)N[C@@H](Cc1ccccc1)[C@H](C[C@@H](Cc1cccc(C)c1)C(=O)N[C@H](C(=O)N1CCC(NC)CC1)C(C)C)O[Si](C)(C)C(C)(C)C. The maximum Gasteiger partial charge on any atom is 0.407 e. The van der Waals surface area contributed by atoms with Crippen LogP contribution in [-0.4, -0.2) is 82.1 Å². The van der Waals surface area contributed by atoms with Gasteiger partial charge in [-0.3, -0.25) is 9.59 Å². The fraction of sp³-hybridized carbons (Fsp3) is 0.643. The molecule has 4 atom stereocenters. The van der Waals surface area contributed by atoms with Crippen molar-refractivity contribution in [1.82, 2.24) is 20.9 Å². The number of nitrogens with one attached hydrogen (secondary N) is 3. The number of piperidine rings is 1. The van der Waals surface area contributed by atoms with Crippen LogP contribution in [0.15, 0.2) is 54.6 Å². The summed E-state index contributed by atoms with van der Waals surface area (Å²) in [7, 11) is -0.458. The molecule has 0 unspecified atom stereocenters. The molecule has 0 aromatic heterocycles. The molecule has 0 aliphatic carbocycles. The van der Waals surface area contributed by atoms with E-state index in [0.29, 0.717) is 45.0 Å². The molecule has 1 aliphatic rings. The van der Waals surface area contributed by atoms with E-state index in [4.69, 9.17) is 9.16 Å². The molecule has 0 radical (unpaired) electrons. The molecule has 52 heavy (non-hydrogen) atoms. The molecule has 1 heterocycles. The summed E-state index contributed by atoms with van der Waals surface area (Å²) in [5.74, 6) is -0.828. The highest BCUT2D eigenvalue weighted by Gasteiger charge is 2.43. The van der Waals surface area contributed by atoms with Crippen molar-refractivity contribution in [3.05, 3.63) is 71.3 Å². The molecule has 2 aromatic carbocycles. The smallest absolute Gasteiger partial charge is 0.407 e. The largest absolute Gasteiger partial charge is 0.450 e. The van der Waals surface area contributed by atoms with Crippen molar-refractivity contribution in [1.29, 1.82) is 0 Å². The van der Waals surface area contributed by atoms with Crippen LogP contribution in [-0.2, 0) is 31.6 Å². The Morgan fingerprint density at radius 2 is 1.60 bits per heavy atom. The Kier molecular flexibility index (Phi) is 16.9. The maximum atomic E-state index is 14.7. The fourth-order valence-electron chi connectivity index (χ4n) is 6.55. The Bertz CT molecular complexity index is 1400. The summed E-state index contributed by atoms with van der Waals surface area (Å²) < 4.78 is 12.8. The van der Waals surface area contributed by atoms with Crippen LogP contribution in [0.3, 0.4) is 0 Å². The Labute approximate surface area is 315 Å². The standard InChI is InChI=1S/C42H68N4O5Si/c1-11-12-25-50-41(49)44-36(28-32-18-14-13-15-19-32)37(51-52(9,10)42(5,6)7)29-34(27-33-20-16-17-31(4)26-33)39(47)45-38(30(2)3)40(48)46-23-21-35(43-8)22-24-46/h13-20,26,30,34-38,43H,11-12,21-25,27-29H2,1-10H3,(H,44,49)(H,45,47)/t34-,36+,37+,38+/m1/s1. The summed E-state index contributed by atoms with van der Waals surface area (Å²) in [6, 6.07) is 17.6. The molecule has 0 bridgehead atoms. The minimum absolute atomic E-state index is 0.0280. The predicted molar refractivity (Wildman–Crippen MR) is 214 cm³/mol. The van der Waals surface area contributed by atoms with Crippen molar-refractivity contribution in [3.63, 3.8) is 0 Å². The molecule has 3 rings (SSSR count). The number of hydrogen-bond donors (Lipinski definition) is 3. The van der Waals surface area contributed by atoms with E-state index >= 15 is 0 Å². The van der Waals surface area contributed by atoms with Crippen LogP contribution in [0.25, 0.3) is 0 Å². The summed E-state index contributed by atoms with van der Waals surface area (Å²) in [4.78, 5) is 43.8. The van der Waals surface area contributed by atoms with Gasteiger partial charge in [0.15, 0.2) is 8.32 Å². The lowest BCUT2D eigenvalue weighted by Gasteiger charge is -2.42. The number of benzene rings is 2. The van der Waals surface area contributed by atoms with Gasteiger partial charge in [0.05, 0.1) is 18.8 Å². The van der Waals surface area contributed by atoms with Crippen LogP contribution in [0.5, 0.6) is 0 Å². The minimum Gasteiger partial charge on any atom is -0.450 e. The molecule has 10 heteroatoms. The zero-order valence-electron chi connectivity index (χ0n) is 33.7. The first-order chi connectivity index (χ1) is 24.5. The van der Waals surface area contributed by atoms with E-state index in [1.54, 1.807) is 0 Å². The van der Waals surface area contributed by atoms with E-state index in [9.17, 15) is 14.4 Å². The van der Waals surface area contributed by atoms with E-state index < -0.39 is 38.5 Å². The van der Waals surface area contributed by atoms with Gasteiger partial charge in [0.2, 0.25) is 11.8 Å². The number of rotatable bonds is 18. The second-order valence-corrected chi connectivity index (χ2v) is 21.3. The molecule has 3 amide bonds. The number of nitrogens with zero attached hydrogens (tertiary/aromatic N) is 1. The van der Waals surface area contributed by atoms with E-state index in [1.165, 1.54) is 0 Å². The Morgan fingerprint density at radius 3 is 2.17 bits per heavy atom. The van der Waals surface area contributed by atoms with Gasteiger partial charge in [-0.15, -0.1) is 0 Å². The minimum atomic E-state index is -2.42. The molecule has 3 N–H and O–H groups in total. The molecule has 0 spiro atoms. The number of unbranched alkanes of at least 4 members (excludes halogenated alkanes) is 1. The monoisotopic (exact) mass is 736 g/mol. The molecule has 1 saturated heterocycles. The molecule has 1 fully saturated rings. The quantitative estimate of drug-likeness (QED) is 0.109. The average Bonchev–Trinajstić information content (AvgIpc) is 3.09. The first kappa shape index (κ1) is 43.2. The maximum absolute atomic E-state index is 14.7. The predicted octanol–water partition coefficient (Wildman–Crippen LogP) is 7.42. The van der Waals surface area contributed by atoms with Gasteiger partial charge in [-0.05, 0) is 87.7 Å². The van der Waals surface area contributed by atoms with E-state index in [1.807, 2.05) is 50.1 Å². The van der Waals surface area contributed by atoms with Gasteiger partial charge in [0.25, 0.3) is 0 Å². The Balaban J connectivity index is 2.03. The van der Waals surface area contributed by atoms with Crippen LogP contribution in [0.2, 0.25) is 18.1 Å². The fourth-order valence-corrected chi connectivity index (χ4v) is 7.92. The van der Waals surface area contributed by atoms with E-state index in [-0.39, 0.29) is 22.8 Å². The Hall–Kier alpha value is -3.21. The molecule has 290 valence electrons. The van der Waals surface area contributed by atoms with Crippen molar-refractivity contribution in [2.45, 2.75) is 136 Å². The van der Waals surface area contributed by atoms with Crippen molar-refractivity contribution in [3.8, 4) is 0 Å². The van der Waals surface area contributed by atoms with Gasteiger partial charge >= 0.3 is 6.09 Å². The first-order valence-corrected chi connectivity index (χ1v) is 22.4. The lowest BCUT2D eigenvalue weighted by Crippen LogP contribution is -2.56. The van der Waals surface area contributed by atoms with Crippen LogP contribution in [0, 0.1) is 18.8 Å². The zero-order chi connectivity index (χ0) is 38.5. The second kappa shape index (κ2) is 20.3. The number of ether oxygens (including phenoxy) is 1. The highest BCUT2D eigenvalue weighted by Crippen LogP contribution is 2.39. The third-order valence-electron chi connectivity index (χ3n) is 10.9. The molecule has 0 saturated carbocycles. The summed E-state index contributed by atoms with van der Waals surface area (Å²) in [6.07, 6.45) is 3.82. The van der Waals surface area contributed by atoms with Gasteiger partial charge in [-0.1, -0.05) is 108 Å². The van der Waals surface area contributed by atoms with Crippen molar-refractivity contribution in [2.24, 2.45) is 11.8 Å². The van der Waals surface area contributed by atoms with Crippen molar-refractivity contribution < 1.29 is 23.5 Å². The molecular weight excluding hydrogens is 669 g/mol. The molecular formula is C42H68N4O5Si. The number of carbonyl (C=O) groups excluding carboxylic acids is 3. The van der Waals surface area contributed by atoms with Gasteiger partial charge in [0.1, 0.15) is 6.04 Å². The molecule has 9 nitrogen and oxygen atoms in total. The third-order valence-corrected chi connectivity index (χ3v) is 15.4. The van der Waals surface area contributed by atoms with Gasteiger partial charge < -0.3 is 30.0 Å². The summed E-state index contributed by atoms with van der Waals surface area (Å²) in [5, 5.41) is 9.63. The van der Waals surface area contributed by atoms with Crippen LogP contribution >= 0.6 is 0 Å². The second-order valence-electron chi connectivity index (χ2n) is 16.6. The van der Waals surface area contributed by atoms with Crippen LogP contribution in [0.4, 0.5) is 4.79 Å². The average molecular weight is 737 g/mol. The lowest BCUT2D eigenvalue weighted by molar-refractivity contribution is -0.139. The zero-order valence-corrected chi connectivity index (χ0v) is 34.7. The molecule has 1 aliphatic heterocycles. The van der Waals surface area contributed by atoms with Gasteiger partial charge in [0, 0.05) is 25.0 Å². The number of aryl methyl sites for hydroxylation is 1. The summed E-state index contributed by atoms with van der Waals surface area (Å²) >= 11 is 0. The van der Waals surface area contributed by atoms with E-state index in [2.05, 4.69) is 94.0 Å². The summed E-state index contributed by atoms with van der Waals surface area (Å²) in [6.45, 7) is 20.8. The highest BCUT2D eigenvalue weighted by atomic mass is 28.4. The highest BCUT2D eigenvalue weighted by molar-refractivity contribution is 6.74. The van der Waals surface area contributed by atoms with Gasteiger partial charge in [-0.25, -0.2) is 4.79 Å². The number of likely N-dealkylation sites (tertiary alicyclic amines) is 1. The van der Waals surface area contributed by atoms with Gasteiger partial charge in [-0.2, -0.15) is 0 Å². The topological polar surface area (TPSA) is 109 Å². The van der Waals surface area contributed by atoms with E-state index in [0.717, 1.165) is 42.4 Å². The van der Waals surface area contributed by atoms with Crippen molar-refractivity contribution >= 4 is 26.2 Å².